The number of rotatable bonds is 2. The second-order valence-electron chi connectivity index (χ2n) is 2.89. The van der Waals surface area contributed by atoms with E-state index in [1.807, 2.05) is 0 Å². The third-order valence-corrected chi connectivity index (χ3v) is 2.39. The van der Waals surface area contributed by atoms with Crippen molar-refractivity contribution in [2.45, 2.75) is 13.8 Å². The maximum atomic E-state index is 10.5. The van der Waals surface area contributed by atoms with Crippen LogP contribution in [-0.4, -0.2) is 11.7 Å². The van der Waals surface area contributed by atoms with Crippen molar-refractivity contribution in [3.05, 3.63) is 33.8 Å². The molecule has 0 amide bonds. The minimum absolute atomic E-state index is 0.437. The van der Waals surface area contributed by atoms with Gasteiger partial charge in [0, 0.05) is 12.5 Å². The van der Waals surface area contributed by atoms with E-state index in [9.17, 15) is 4.79 Å². The zero-order valence-corrected chi connectivity index (χ0v) is 9.76. The van der Waals surface area contributed by atoms with E-state index < -0.39 is 5.97 Å². The monoisotopic (exact) mass is 245 g/mol. The second kappa shape index (κ2) is 5.14. The first-order valence-corrected chi connectivity index (χ1v) is 4.94. The highest BCUT2D eigenvalue weighted by atomic mass is 35.5. The van der Waals surface area contributed by atoms with Crippen LogP contribution in [-0.2, 0) is 9.63 Å². The normalized spacial score (nSPS) is 11.3. The van der Waals surface area contributed by atoms with Crippen LogP contribution in [0.2, 0.25) is 10.0 Å². The zero-order chi connectivity index (χ0) is 11.4. The first kappa shape index (κ1) is 12.0. The maximum Gasteiger partial charge on any atom is 0.331 e. The van der Waals surface area contributed by atoms with Crippen molar-refractivity contribution in [3.63, 3.8) is 0 Å². The van der Waals surface area contributed by atoms with Gasteiger partial charge in [-0.1, -0.05) is 34.4 Å². The fourth-order valence-corrected chi connectivity index (χ4v) is 1.20. The third-order valence-electron chi connectivity index (χ3n) is 1.65. The minimum Gasteiger partial charge on any atom is -0.318 e. The molecule has 0 atom stereocenters. The highest BCUT2D eigenvalue weighted by Crippen LogP contribution is 2.22. The van der Waals surface area contributed by atoms with Gasteiger partial charge in [-0.05, 0) is 19.1 Å². The summed E-state index contributed by atoms with van der Waals surface area (Å²) in [7, 11) is 0. The van der Waals surface area contributed by atoms with E-state index in [4.69, 9.17) is 23.2 Å². The molecule has 3 nitrogen and oxygen atoms in total. The summed E-state index contributed by atoms with van der Waals surface area (Å²) in [5, 5.41) is 4.54. The summed E-state index contributed by atoms with van der Waals surface area (Å²) in [6.07, 6.45) is 0. The first-order valence-electron chi connectivity index (χ1n) is 4.18. The lowest BCUT2D eigenvalue weighted by Gasteiger charge is -2.01. The van der Waals surface area contributed by atoms with Gasteiger partial charge in [0.1, 0.15) is 0 Å². The van der Waals surface area contributed by atoms with Gasteiger partial charge in [-0.3, -0.25) is 0 Å². The Morgan fingerprint density at radius 2 is 1.93 bits per heavy atom. The van der Waals surface area contributed by atoms with Gasteiger partial charge in [0.05, 0.1) is 15.8 Å². The topological polar surface area (TPSA) is 38.7 Å². The molecule has 0 aliphatic carbocycles. The fraction of sp³-hybridized carbons (Fsp3) is 0.200. The van der Waals surface area contributed by atoms with Crippen LogP contribution in [0, 0.1) is 0 Å². The lowest BCUT2D eigenvalue weighted by molar-refractivity contribution is -0.140. The molecule has 0 fully saturated rings. The van der Waals surface area contributed by atoms with Crippen LogP contribution < -0.4 is 0 Å². The molecule has 80 valence electrons. The number of carbonyl (C=O) groups is 1. The third kappa shape index (κ3) is 3.53. The first-order chi connectivity index (χ1) is 7.00. The molecule has 1 rings (SSSR count). The molecule has 0 saturated carbocycles. The maximum absolute atomic E-state index is 10.5. The summed E-state index contributed by atoms with van der Waals surface area (Å²) >= 11 is 11.6. The van der Waals surface area contributed by atoms with Crippen molar-refractivity contribution in [2.75, 3.05) is 0 Å². The van der Waals surface area contributed by atoms with Gasteiger partial charge in [0.25, 0.3) is 0 Å². The lowest BCUT2D eigenvalue weighted by Crippen LogP contribution is -1.99. The van der Waals surface area contributed by atoms with Gasteiger partial charge < -0.3 is 4.84 Å². The van der Waals surface area contributed by atoms with E-state index in [1.54, 1.807) is 25.1 Å². The highest BCUT2D eigenvalue weighted by Gasteiger charge is 2.03. The average molecular weight is 246 g/mol. The molecule has 5 heteroatoms. The van der Waals surface area contributed by atoms with Gasteiger partial charge in [0.15, 0.2) is 0 Å². The summed E-state index contributed by atoms with van der Waals surface area (Å²) in [5.74, 6) is -0.464. The largest absolute Gasteiger partial charge is 0.331 e. The molecule has 15 heavy (non-hydrogen) atoms. The van der Waals surface area contributed by atoms with E-state index in [0.717, 1.165) is 5.56 Å². The van der Waals surface area contributed by atoms with Crippen molar-refractivity contribution >= 4 is 34.9 Å². The second-order valence-corrected chi connectivity index (χ2v) is 3.70. The SMILES string of the molecule is CC(=O)ON=C(C)c1ccc(Cl)c(Cl)c1. The Labute approximate surface area is 97.6 Å². The van der Waals surface area contributed by atoms with Crippen LogP contribution in [0.1, 0.15) is 19.4 Å². The van der Waals surface area contributed by atoms with Crippen LogP contribution in [0.25, 0.3) is 0 Å². The van der Waals surface area contributed by atoms with Crippen molar-refractivity contribution < 1.29 is 9.63 Å². The van der Waals surface area contributed by atoms with Crippen LogP contribution in [0.15, 0.2) is 23.4 Å². The molecule has 1 aromatic carbocycles. The summed E-state index contributed by atoms with van der Waals surface area (Å²) in [4.78, 5) is 15.0. The van der Waals surface area contributed by atoms with Crippen LogP contribution in [0.4, 0.5) is 0 Å². The highest BCUT2D eigenvalue weighted by molar-refractivity contribution is 6.42. The molecule has 0 spiro atoms. The van der Waals surface area contributed by atoms with Crippen molar-refractivity contribution in [3.8, 4) is 0 Å². The molecular formula is C10H9Cl2NO2. The number of hydrogen-bond donors (Lipinski definition) is 0. The molecule has 0 saturated heterocycles. The molecule has 0 heterocycles. The number of nitrogens with zero attached hydrogens (tertiary/aromatic N) is 1. The predicted octanol–water partition coefficient (Wildman–Crippen LogP) is 3.28. The van der Waals surface area contributed by atoms with Crippen molar-refractivity contribution in [1.82, 2.24) is 0 Å². The zero-order valence-electron chi connectivity index (χ0n) is 8.25. The Bertz CT molecular complexity index is 416. The number of oxime groups is 1. The minimum atomic E-state index is -0.464. The van der Waals surface area contributed by atoms with Gasteiger partial charge in [-0.15, -0.1) is 0 Å². The average Bonchev–Trinajstić information content (AvgIpc) is 2.18. The van der Waals surface area contributed by atoms with Gasteiger partial charge in [-0.2, -0.15) is 0 Å². The Balaban J connectivity index is 2.91. The van der Waals surface area contributed by atoms with Gasteiger partial charge >= 0.3 is 5.97 Å². The van der Waals surface area contributed by atoms with E-state index in [0.29, 0.717) is 15.8 Å². The van der Waals surface area contributed by atoms with Gasteiger partial charge in [-0.25, -0.2) is 4.79 Å². The van der Waals surface area contributed by atoms with E-state index >= 15 is 0 Å². The summed E-state index contributed by atoms with van der Waals surface area (Å²) in [6, 6.07) is 5.06. The number of halogens is 2. The molecule has 1 aromatic rings. The standard InChI is InChI=1S/C10H9Cl2NO2/c1-6(13-15-7(2)14)8-3-4-9(11)10(12)5-8/h3-5H,1-2H3. The Kier molecular flexibility index (Phi) is 4.12. The molecule has 0 unspecified atom stereocenters. The molecule has 0 radical (unpaired) electrons. The smallest absolute Gasteiger partial charge is 0.318 e. The van der Waals surface area contributed by atoms with Crippen LogP contribution in [0.3, 0.4) is 0 Å². The summed E-state index contributed by atoms with van der Waals surface area (Å²) in [6.45, 7) is 2.99. The number of benzene rings is 1. The molecular weight excluding hydrogens is 237 g/mol. The number of carbonyl (C=O) groups excluding carboxylic acids is 1. The molecule has 0 aliphatic heterocycles. The van der Waals surface area contributed by atoms with E-state index in [2.05, 4.69) is 9.99 Å². The lowest BCUT2D eigenvalue weighted by atomic mass is 10.1. The Morgan fingerprint density at radius 1 is 1.27 bits per heavy atom. The van der Waals surface area contributed by atoms with E-state index in [1.165, 1.54) is 6.92 Å². The molecule has 0 aromatic heterocycles. The molecule has 0 N–H and O–H groups in total. The van der Waals surface area contributed by atoms with Crippen LogP contribution in [0.5, 0.6) is 0 Å². The molecule has 0 aliphatic rings. The Morgan fingerprint density at radius 3 is 2.47 bits per heavy atom. The summed E-state index contributed by atoms with van der Waals surface area (Å²) < 4.78 is 0. The fourth-order valence-electron chi connectivity index (χ4n) is 0.907. The van der Waals surface area contributed by atoms with Crippen molar-refractivity contribution in [2.24, 2.45) is 5.16 Å². The quantitative estimate of drug-likeness (QED) is 0.456. The van der Waals surface area contributed by atoms with Crippen LogP contribution >= 0.6 is 23.2 Å². The number of hydrogen-bond acceptors (Lipinski definition) is 3. The molecule has 0 bridgehead atoms. The Hall–Kier alpha value is -1.06. The van der Waals surface area contributed by atoms with Crippen molar-refractivity contribution in [1.29, 1.82) is 0 Å². The van der Waals surface area contributed by atoms with Gasteiger partial charge in [0.2, 0.25) is 0 Å². The van der Waals surface area contributed by atoms with E-state index in [-0.39, 0.29) is 0 Å². The predicted molar refractivity (Wildman–Crippen MR) is 60.4 cm³/mol. The summed E-state index contributed by atoms with van der Waals surface area (Å²) in [5.41, 5.74) is 1.31.